The zero-order valence-electron chi connectivity index (χ0n) is 19.1. The summed E-state index contributed by atoms with van der Waals surface area (Å²) in [6, 6.07) is 4.46. The Labute approximate surface area is 197 Å². The van der Waals surface area contributed by atoms with Crippen LogP contribution < -0.4 is 10.5 Å². The van der Waals surface area contributed by atoms with Gasteiger partial charge in [-0.1, -0.05) is 0 Å². The minimum atomic E-state index is -2.97. The molecular formula is C24H30F2N6O2. The molecule has 0 bridgehead atoms. The van der Waals surface area contributed by atoms with Gasteiger partial charge in [0.2, 0.25) is 0 Å². The second-order valence-electron chi connectivity index (χ2n) is 9.95. The highest BCUT2D eigenvalue weighted by Gasteiger charge is 2.71. The molecule has 8 nitrogen and oxygen atoms in total. The molecule has 2 aromatic heterocycles. The monoisotopic (exact) mass is 472 g/mol. The number of ether oxygens (including phenoxy) is 2. The molecule has 0 spiro atoms. The number of hydrogen-bond acceptors (Lipinski definition) is 7. The Morgan fingerprint density at radius 2 is 2.03 bits per heavy atom. The number of anilines is 1. The first-order valence-corrected chi connectivity index (χ1v) is 12.1. The molecule has 4 atom stereocenters. The number of aromatic nitrogens is 3. The van der Waals surface area contributed by atoms with Gasteiger partial charge in [-0.25, -0.2) is 4.98 Å². The lowest BCUT2D eigenvalue weighted by molar-refractivity contribution is -0.0494. The summed E-state index contributed by atoms with van der Waals surface area (Å²) < 4.78 is 37.8. The van der Waals surface area contributed by atoms with E-state index in [1.807, 2.05) is 0 Å². The summed E-state index contributed by atoms with van der Waals surface area (Å²) in [5.74, 6) is 0.530. The summed E-state index contributed by atoms with van der Waals surface area (Å²) in [4.78, 5) is 11.3. The third kappa shape index (κ3) is 3.50. The predicted molar refractivity (Wildman–Crippen MR) is 123 cm³/mol. The SMILES string of the molecule is C=N[C@@]12C[C@@H](N3CCOCC3)C[C@@H]1[C@H]2c1cc(-c2cnc(N)c(OC(F)F)c2)nn1C1CCC1. The number of pyridine rings is 1. The van der Waals surface area contributed by atoms with Crippen LogP contribution >= 0.6 is 0 Å². The average Bonchev–Trinajstić information content (AvgIpc) is 3.10. The Bertz CT molecular complexity index is 1080. The molecule has 182 valence electrons. The molecule has 4 fully saturated rings. The number of aliphatic imine (C=N–C) groups is 1. The Morgan fingerprint density at radius 1 is 1.24 bits per heavy atom. The number of alkyl halides is 2. The van der Waals surface area contributed by atoms with Crippen molar-refractivity contribution in [1.82, 2.24) is 19.7 Å². The average molecular weight is 473 g/mol. The van der Waals surface area contributed by atoms with Gasteiger partial charge in [0.1, 0.15) is 0 Å². The molecule has 3 heterocycles. The van der Waals surface area contributed by atoms with Crippen molar-refractivity contribution in [3.05, 3.63) is 24.0 Å². The molecule has 2 aromatic rings. The summed E-state index contributed by atoms with van der Waals surface area (Å²) in [6.45, 7) is 4.58. The predicted octanol–water partition coefficient (Wildman–Crippen LogP) is 3.50. The first-order chi connectivity index (χ1) is 16.5. The number of nitrogens with zero attached hydrogens (tertiary/aromatic N) is 5. The molecule has 10 heteroatoms. The van der Waals surface area contributed by atoms with Crippen molar-refractivity contribution in [3.63, 3.8) is 0 Å². The van der Waals surface area contributed by atoms with Crippen LogP contribution in [-0.2, 0) is 4.74 Å². The van der Waals surface area contributed by atoms with Gasteiger partial charge in [0, 0.05) is 42.5 Å². The fourth-order valence-corrected chi connectivity index (χ4v) is 6.33. The van der Waals surface area contributed by atoms with E-state index in [-0.39, 0.29) is 23.0 Å². The number of nitrogens with two attached hydrogens (primary N) is 1. The minimum Gasteiger partial charge on any atom is -0.431 e. The smallest absolute Gasteiger partial charge is 0.387 e. The summed E-state index contributed by atoms with van der Waals surface area (Å²) in [5.41, 5.74) is 8.07. The number of morpholine rings is 1. The highest BCUT2D eigenvalue weighted by atomic mass is 19.3. The van der Waals surface area contributed by atoms with Crippen molar-refractivity contribution in [2.75, 3.05) is 32.0 Å². The van der Waals surface area contributed by atoms with Crippen LogP contribution in [0.1, 0.15) is 49.8 Å². The molecule has 3 aliphatic carbocycles. The first-order valence-electron chi connectivity index (χ1n) is 12.1. The number of hydrogen-bond donors (Lipinski definition) is 1. The Morgan fingerprint density at radius 3 is 2.68 bits per heavy atom. The van der Waals surface area contributed by atoms with E-state index >= 15 is 0 Å². The maximum atomic E-state index is 12.8. The Hall–Kier alpha value is -2.59. The fraction of sp³-hybridized carbons (Fsp3) is 0.625. The molecule has 0 unspecified atom stereocenters. The molecule has 0 radical (unpaired) electrons. The molecular weight excluding hydrogens is 442 g/mol. The largest absolute Gasteiger partial charge is 0.431 e. The van der Waals surface area contributed by atoms with E-state index in [4.69, 9.17) is 20.6 Å². The maximum Gasteiger partial charge on any atom is 0.387 e. The topological polar surface area (TPSA) is 90.8 Å². The van der Waals surface area contributed by atoms with Crippen LogP contribution in [0.2, 0.25) is 0 Å². The van der Waals surface area contributed by atoms with E-state index in [1.54, 1.807) is 6.20 Å². The quantitative estimate of drug-likeness (QED) is 0.621. The van der Waals surface area contributed by atoms with Crippen molar-refractivity contribution in [2.24, 2.45) is 10.9 Å². The van der Waals surface area contributed by atoms with Crippen LogP contribution in [0.15, 0.2) is 23.3 Å². The van der Waals surface area contributed by atoms with Gasteiger partial charge in [0.05, 0.1) is 30.5 Å². The second kappa shape index (κ2) is 8.27. The first kappa shape index (κ1) is 21.9. The zero-order chi connectivity index (χ0) is 23.4. The van der Waals surface area contributed by atoms with Crippen LogP contribution in [0.5, 0.6) is 5.75 Å². The van der Waals surface area contributed by atoms with Gasteiger partial charge in [-0.05, 0) is 56.9 Å². The van der Waals surface area contributed by atoms with Crippen molar-refractivity contribution >= 4 is 12.5 Å². The molecule has 4 aliphatic rings. The van der Waals surface area contributed by atoms with Gasteiger partial charge >= 0.3 is 6.61 Å². The maximum absolute atomic E-state index is 12.8. The second-order valence-corrected chi connectivity index (χ2v) is 9.95. The van der Waals surface area contributed by atoms with E-state index in [9.17, 15) is 8.78 Å². The van der Waals surface area contributed by atoms with Crippen molar-refractivity contribution in [2.45, 2.75) is 62.3 Å². The van der Waals surface area contributed by atoms with E-state index in [0.29, 0.717) is 29.3 Å². The lowest BCUT2D eigenvalue weighted by Crippen LogP contribution is -2.43. The molecule has 34 heavy (non-hydrogen) atoms. The minimum absolute atomic E-state index is 0.0663. The molecule has 0 amide bonds. The molecule has 1 saturated heterocycles. The highest BCUT2D eigenvalue weighted by Crippen LogP contribution is 2.69. The van der Waals surface area contributed by atoms with Gasteiger partial charge in [-0.15, -0.1) is 0 Å². The lowest BCUT2D eigenvalue weighted by atomic mass is 9.92. The molecule has 0 aromatic carbocycles. The van der Waals surface area contributed by atoms with Gasteiger partial charge in [-0.3, -0.25) is 14.6 Å². The summed E-state index contributed by atoms with van der Waals surface area (Å²) in [6.07, 6.45) is 7.05. The summed E-state index contributed by atoms with van der Waals surface area (Å²) in [7, 11) is 0. The van der Waals surface area contributed by atoms with E-state index in [2.05, 4.69) is 32.1 Å². The number of fused-ring (bicyclic) bond motifs is 1. The molecule has 3 saturated carbocycles. The van der Waals surface area contributed by atoms with Crippen LogP contribution in [0, 0.1) is 5.92 Å². The third-order valence-corrected chi connectivity index (χ3v) is 8.32. The van der Waals surface area contributed by atoms with E-state index < -0.39 is 6.61 Å². The number of rotatable bonds is 7. The van der Waals surface area contributed by atoms with Crippen molar-refractivity contribution in [3.8, 4) is 17.0 Å². The zero-order valence-corrected chi connectivity index (χ0v) is 19.1. The van der Waals surface area contributed by atoms with Crippen LogP contribution in [0.3, 0.4) is 0 Å². The van der Waals surface area contributed by atoms with Gasteiger partial charge in [0.15, 0.2) is 11.6 Å². The van der Waals surface area contributed by atoms with E-state index in [0.717, 1.165) is 52.0 Å². The van der Waals surface area contributed by atoms with Crippen molar-refractivity contribution < 1.29 is 18.3 Å². The summed E-state index contributed by atoms with van der Waals surface area (Å²) >= 11 is 0. The van der Waals surface area contributed by atoms with Gasteiger partial charge in [0.25, 0.3) is 0 Å². The van der Waals surface area contributed by atoms with E-state index in [1.165, 1.54) is 18.2 Å². The van der Waals surface area contributed by atoms with Crippen LogP contribution in [-0.4, -0.2) is 70.9 Å². The number of halogens is 2. The Balaban J connectivity index is 1.30. The lowest BCUT2D eigenvalue weighted by Gasteiger charge is -2.34. The standard InChI is InChI=1S/C24H30F2N6O2/c1-28-24-12-16(31-5-7-33-8-6-31)10-17(24)21(24)19-11-18(30-32(19)15-3-2-4-15)14-9-20(34-23(25)26)22(27)29-13-14/h9,11,13,15-17,21,23H,1-8,10,12H2,(H2,27,29)/t16-,17+,21-,24-/m0/s1. The Kier molecular flexibility index (Phi) is 5.33. The molecule has 2 N–H and O–H groups in total. The summed E-state index contributed by atoms with van der Waals surface area (Å²) in [5, 5.41) is 4.92. The highest BCUT2D eigenvalue weighted by molar-refractivity contribution is 5.65. The molecule has 6 rings (SSSR count). The number of nitrogen functional groups attached to an aromatic ring is 1. The normalized spacial score (nSPS) is 31.3. The van der Waals surface area contributed by atoms with Crippen LogP contribution in [0.25, 0.3) is 11.3 Å². The third-order valence-electron chi connectivity index (χ3n) is 8.32. The van der Waals surface area contributed by atoms with Gasteiger partial charge < -0.3 is 15.2 Å². The van der Waals surface area contributed by atoms with Crippen molar-refractivity contribution in [1.29, 1.82) is 0 Å². The molecule has 1 aliphatic heterocycles. The van der Waals surface area contributed by atoms with Gasteiger partial charge in [-0.2, -0.15) is 13.9 Å². The van der Waals surface area contributed by atoms with Crippen LogP contribution in [0.4, 0.5) is 14.6 Å². The fourth-order valence-electron chi connectivity index (χ4n) is 6.33.